The van der Waals surface area contributed by atoms with Crippen molar-refractivity contribution in [2.24, 2.45) is 0 Å². The Hall–Kier alpha value is -2.23. The standard InChI is InChI=1S/C12H8O4/c1-14-11-8-3-5-15-10(8)9(6-13)7-2-4-16-12(7)11/h2-6H,1H3. The van der Waals surface area contributed by atoms with Gasteiger partial charge in [-0.1, -0.05) is 0 Å². The van der Waals surface area contributed by atoms with Gasteiger partial charge in [0.2, 0.25) is 0 Å². The first-order valence-corrected chi connectivity index (χ1v) is 4.76. The van der Waals surface area contributed by atoms with Gasteiger partial charge in [0.05, 0.1) is 30.6 Å². The monoisotopic (exact) mass is 216 g/mol. The van der Waals surface area contributed by atoms with Crippen molar-refractivity contribution >= 4 is 28.2 Å². The Bertz CT molecular complexity index is 623. The lowest BCUT2D eigenvalue weighted by Crippen LogP contribution is -1.88. The first-order chi connectivity index (χ1) is 7.86. The Labute approximate surface area is 90.4 Å². The highest BCUT2D eigenvalue weighted by Gasteiger charge is 2.18. The second kappa shape index (κ2) is 3.13. The van der Waals surface area contributed by atoms with Crippen molar-refractivity contribution in [3.05, 3.63) is 30.2 Å². The number of ether oxygens (including phenoxy) is 1. The molecule has 2 heterocycles. The van der Waals surface area contributed by atoms with Crippen molar-refractivity contribution in [1.82, 2.24) is 0 Å². The quantitative estimate of drug-likeness (QED) is 0.618. The number of carbonyl (C=O) groups excluding carboxylic acids is 1. The molecule has 3 rings (SSSR count). The van der Waals surface area contributed by atoms with Crippen molar-refractivity contribution in [2.45, 2.75) is 0 Å². The topological polar surface area (TPSA) is 52.6 Å². The lowest BCUT2D eigenvalue weighted by atomic mass is 10.1. The Kier molecular flexibility index (Phi) is 1.77. The summed E-state index contributed by atoms with van der Waals surface area (Å²) in [6.07, 6.45) is 3.82. The Morgan fingerprint density at radius 1 is 1.12 bits per heavy atom. The van der Waals surface area contributed by atoms with Crippen LogP contribution >= 0.6 is 0 Å². The van der Waals surface area contributed by atoms with E-state index in [1.54, 1.807) is 19.2 Å². The lowest BCUT2D eigenvalue weighted by Gasteiger charge is -2.04. The zero-order valence-electron chi connectivity index (χ0n) is 8.52. The molecule has 3 aromatic rings. The van der Waals surface area contributed by atoms with Gasteiger partial charge in [-0.25, -0.2) is 0 Å². The van der Waals surface area contributed by atoms with E-state index in [4.69, 9.17) is 13.6 Å². The van der Waals surface area contributed by atoms with Crippen LogP contribution in [0.4, 0.5) is 0 Å². The van der Waals surface area contributed by atoms with E-state index in [9.17, 15) is 4.79 Å². The number of fused-ring (bicyclic) bond motifs is 2. The summed E-state index contributed by atoms with van der Waals surface area (Å²) in [7, 11) is 1.56. The van der Waals surface area contributed by atoms with E-state index in [0.717, 1.165) is 11.7 Å². The maximum absolute atomic E-state index is 11.1. The van der Waals surface area contributed by atoms with Gasteiger partial charge in [0, 0.05) is 5.39 Å². The number of aldehydes is 1. The summed E-state index contributed by atoms with van der Waals surface area (Å²) < 4.78 is 15.9. The third-order valence-electron chi connectivity index (χ3n) is 2.64. The molecule has 16 heavy (non-hydrogen) atoms. The van der Waals surface area contributed by atoms with Crippen LogP contribution in [0.15, 0.2) is 33.5 Å². The predicted molar refractivity (Wildman–Crippen MR) is 57.9 cm³/mol. The molecule has 0 N–H and O–H groups in total. The summed E-state index contributed by atoms with van der Waals surface area (Å²) >= 11 is 0. The smallest absolute Gasteiger partial charge is 0.177 e. The van der Waals surface area contributed by atoms with Crippen LogP contribution in [0.25, 0.3) is 21.9 Å². The van der Waals surface area contributed by atoms with Crippen LogP contribution in [-0.2, 0) is 0 Å². The van der Waals surface area contributed by atoms with Gasteiger partial charge in [0.15, 0.2) is 17.6 Å². The molecule has 0 saturated heterocycles. The number of furan rings is 2. The van der Waals surface area contributed by atoms with Crippen LogP contribution in [0.3, 0.4) is 0 Å². The van der Waals surface area contributed by atoms with Crippen LogP contribution in [0.2, 0.25) is 0 Å². The highest BCUT2D eigenvalue weighted by Crippen LogP contribution is 2.38. The molecule has 4 heteroatoms. The van der Waals surface area contributed by atoms with Crippen molar-refractivity contribution in [1.29, 1.82) is 0 Å². The molecule has 0 saturated carbocycles. The molecule has 0 aliphatic carbocycles. The van der Waals surface area contributed by atoms with E-state index in [0.29, 0.717) is 27.9 Å². The zero-order chi connectivity index (χ0) is 11.1. The molecule has 0 aliphatic heterocycles. The molecule has 0 spiro atoms. The van der Waals surface area contributed by atoms with Crippen LogP contribution in [0.5, 0.6) is 5.75 Å². The van der Waals surface area contributed by atoms with Gasteiger partial charge in [-0.15, -0.1) is 0 Å². The number of methoxy groups -OCH3 is 1. The summed E-state index contributed by atoms with van der Waals surface area (Å²) in [4.78, 5) is 11.1. The molecule has 0 unspecified atom stereocenters. The van der Waals surface area contributed by atoms with E-state index in [-0.39, 0.29) is 0 Å². The van der Waals surface area contributed by atoms with Crippen LogP contribution < -0.4 is 4.74 Å². The summed E-state index contributed by atoms with van der Waals surface area (Å²) in [5.41, 5.74) is 1.59. The minimum Gasteiger partial charge on any atom is -0.492 e. The molecule has 0 amide bonds. The molecule has 1 aromatic carbocycles. The van der Waals surface area contributed by atoms with Gasteiger partial charge in [-0.2, -0.15) is 0 Å². The Morgan fingerprint density at radius 2 is 1.81 bits per heavy atom. The SMILES string of the molecule is COc1c2ccoc2c(C=O)c2ccoc12. The molecule has 0 fully saturated rings. The van der Waals surface area contributed by atoms with Crippen molar-refractivity contribution in [3.63, 3.8) is 0 Å². The van der Waals surface area contributed by atoms with Gasteiger partial charge in [0.1, 0.15) is 5.58 Å². The summed E-state index contributed by atoms with van der Waals surface area (Å²) in [5, 5.41) is 1.45. The highest BCUT2D eigenvalue weighted by atomic mass is 16.5. The first-order valence-electron chi connectivity index (χ1n) is 4.76. The largest absolute Gasteiger partial charge is 0.492 e. The third-order valence-corrected chi connectivity index (χ3v) is 2.64. The molecule has 0 aliphatic rings. The number of carbonyl (C=O) groups is 1. The van der Waals surface area contributed by atoms with E-state index in [2.05, 4.69) is 0 Å². The summed E-state index contributed by atoms with van der Waals surface area (Å²) in [5.74, 6) is 0.592. The molecule has 0 atom stereocenters. The number of hydrogen-bond acceptors (Lipinski definition) is 4. The van der Waals surface area contributed by atoms with E-state index in [1.807, 2.05) is 0 Å². The molecular weight excluding hydrogens is 208 g/mol. The molecular formula is C12H8O4. The van der Waals surface area contributed by atoms with Crippen molar-refractivity contribution in [3.8, 4) is 5.75 Å². The maximum Gasteiger partial charge on any atom is 0.177 e. The first kappa shape index (κ1) is 9.03. The second-order valence-electron chi connectivity index (χ2n) is 3.39. The normalized spacial score (nSPS) is 11.1. The molecule has 2 aromatic heterocycles. The minimum absolute atomic E-state index is 0.490. The summed E-state index contributed by atoms with van der Waals surface area (Å²) in [6.45, 7) is 0. The highest BCUT2D eigenvalue weighted by molar-refractivity contribution is 6.12. The molecule has 80 valence electrons. The molecule has 0 radical (unpaired) electrons. The summed E-state index contributed by atoms with van der Waals surface area (Å²) in [6, 6.07) is 3.48. The van der Waals surface area contributed by atoms with Crippen molar-refractivity contribution < 1.29 is 18.4 Å². The predicted octanol–water partition coefficient (Wildman–Crippen LogP) is 3.00. The van der Waals surface area contributed by atoms with Crippen LogP contribution in [-0.4, -0.2) is 13.4 Å². The zero-order valence-corrected chi connectivity index (χ0v) is 8.52. The van der Waals surface area contributed by atoms with Crippen molar-refractivity contribution in [2.75, 3.05) is 7.11 Å². The van der Waals surface area contributed by atoms with E-state index in [1.165, 1.54) is 12.5 Å². The number of rotatable bonds is 2. The fourth-order valence-corrected chi connectivity index (χ4v) is 1.96. The molecule has 4 nitrogen and oxygen atoms in total. The lowest BCUT2D eigenvalue weighted by molar-refractivity contribution is 0.112. The van der Waals surface area contributed by atoms with Gasteiger partial charge >= 0.3 is 0 Å². The van der Waals surface area contributed by atoms with Crippen LogP contribution in [0, 0.1) is 0 Å². The minimum atomic E-state index is 0.490. The number of hydrogen-bond donors (Lipinski definition) is 0. The fraction of sp³-hybridized carbons (Fsp3) is 0.0833. The van der Waals surface area contributed by atoms with Gasteiger partial charge in [-0.05, 0) is 12.1 Å². The van der Waals surface area contributed by atoms with Crippen LogP contribution in [0.1, 0.15) is 10.4 Å². The second-order valence-corrected chi connectivity index (χ2v) is 3.39. The Morgan fingerprint density at radius 3 is 2.50 bits per heavy atom. The molecule has 0 bridgehead atoms. The van der Waals surface area contributed by atoms with Gasteiger partial charge < -0.3 is 13.6 Å². The maximum atomic E-state index is 11.1. The van der Waals surface area contributed by atoms with E-state index < -0.39 is 0 Å². The Balaban J connectivity index is 2.64. The van der Waals surface area contributed by atoms with Gasteiger partial charge in [-0.3, -0.25) is 4.79 Å². The van der Waals surface area contributed by atoms with E-state index >= 15 is 0 Å². The average Bonchev–Trinajstić information content (AvgIpc) is 2.93. The average molecular weight is 216 g/mol. The fourth-order valence-electron chi connectivity index (χ4n) is 1.96. The number of benzene rings is 1. The van der Waals surface area contributed by atoms with Gasteiger partial charge in [0.25, 0.3) is 0 Å². The third kappa shape index (κ3) is 0.957.